The van der Waals surface area contributed by atoms with Gasteiger partial charge in [-0.25, -0.2) is 14.1 Å². The lowest BCUT2D eigenvalue weighted by Gasteiger charge is -2.24. The zero-order valence-electron chi connectivity index (χ0n) is 18.8. The summed E-state index contributed by atoms with van der Waals surface area (Å²) in [4.78, 5) is 19.7. The minimum Gasteiger partial charge on any atom is -0.468 e. The van der Waals surface area contributed by atoms with Gasteiger partial charge < -0.3 is 29.9 Å². The second kappa shape index (κ2) is 10.2. The highest BCUT2D eigenvalue weighted by molar-refractivity contribution is 7.52. The predicted molar refractivity (Wildman–Crippen MR) is 120 cm³/mol. The Morgan fingerprint density at radius 3 is 2.86 bits per heavy atom. The van der Waals surface area contributed by atoms with Crippen LogP contribution in [0.15, 0.2) is 43.0 Å². The largest absolute Gasteiger partial charge is 0.468 e. The minimum atomic E-state index is -4.19. The molecule has 3 aromatic heterocycles. The van der Waals surface area contributed by atoms with Crippen molar-refractivity contribution in [3.05, 3.63) is 48.7 Å². The van der Waals surface area contributed by atoms with Crippen molar-refractivity contribution in [3.8, 4) is 5.75 Å². The van der Waals surface area contributed by atoms with Crippen LogP contribution in [0.4, 0.5) is 5.82 Å². The summed E-state index contributed by atoms with van der Waals surface area (Å²) in [6, 6.07) is 5.31. The molecule has 15 heteroatoms. The fourth-order valence-electron chi connectivity index (χ4n) is 3.59. The van der Waals surface area contributed by atoms with Gasteiger partial charge >= 0.3 is 13.7 Å². The highest BCUT2D eigenvalue weighted by Crippen LogP contribution is 2.46. The van der Waals surface area contributed by atoms with Crippen LogP contribution in [0.1, 0.15) is 18.7 Å². The Bertz CT molecular complexity index is 1230. The molecule has 14 nitrogen and oxygen atoms in total. The SMILES string of the molecule is COC(=O)[C@H](C)NP(=O)(OC[C@H]1O[C@@H](c2ccc3c(N)ncnn23)[C@H](O)[C@@H]1O)Oc1cccnc1. The van der Waals surface area contributed by atoms with Crippen molar-refractivity contribution in [1.82, 2.24) is 24.7 Å². The van der Waals surface area contributed by atoms with Gasteiger partial charge in [-0.05, 0) is 31.2 Å². The molecule has 0 bridgehead atoms. The van der Waals surface area contributed by atoms with Gasteiger partial charge in [0, 0.05) is 6.20 Å². The van der Waals surface area contributed by atoms with Gasteiger partial charge in [-0.3, -0.25) is 14.3 Å². The molecule has 0 saturated carbocycles. The quantitative estimate of drug-likeness (QED) is 0.227. The molecule has 4 rings (SSSR count). The molecular weight excluding hydrogens is 483 g/mol. The summed E-state index contributed by atoms with van der Waals surface area (Å²) in [7, 11) is -3.01. The summed E-state index contributed by atoms with van der Waals surface area (Å²) in [5.41, 5.74) is 6.78. The third kappa shape index (κ3) is 5.27. The number of ether oxygens (including phenoxy) is 2. The average molecular weight is 508 g/mol. The lowest BCUT2D eigenvalue weighted by atomic mass is 10.1. The summed E-state index contributed by atoms with van der Waals surface area (Å²) in [5, 5.41) is 27.8. The van der Waals surface area contributed by atoms with Crippen molar-refractivity contribution in [2.45, 2.75) is 37.4 Å². The maximum Gasteiger partial charge on any atom is 0.459 e. The van der Waals surface area contributed by atoms with Gasteiger partial charge in [0.2, 0.25) is 0 Å². The molecule has 0 aromatic carbocycles. The van der Waals surface area contributed by atoms with E-state index in [2.05, 4.69) is 24.9 Å². The number of esters is 1. The minimum absolute atomic E-state index is 0.114. The summed E-state index contributed by atoms with van der Waals surface area (Å²) < 4.78 is 36.4. The van der Waals surface area contributed by atoms with Crippen LogP contribution >= 0.6 is 7.75 Å². The summed E-state index contributed by atoms with van der Waals surface area (Å²) in [6.45, 7) is 0.966. The van der Waals surface area contributed by atoms with E-state index in [4.69, 9.17) is 19.5 Å². The van der Waals surface area contributed by atoms with Crippen LogP contribution in [0.2, 0.25) is 0 Å². The average Bonchev–Trinajstić information content (AvgIpc) is 3.39. The van der Waals surface area contributed by atoms with Gasteiger partial charge in [0.1, 0.15) is 48.1 Å². The van der Waals surface area contributed by atoms with Crippen LogP contribution in [0.3, 0.4) is 0 Å². The van der Waals surface area contributed by atoms with Crippen LogP contribution < -0.4 is 15.3 Å². The number of nitrogens with one attached hydrogen (secondary N) is 1. The second-order valence-corrected chi connectivity index (χ2v) is 9.42. The second-order valence-electron chi connectivity index (χ2n) is 7.72. The van der Waals surface area contributed by atoms with Crippen molar-refractivity contribution >= 4 is 25.1 Å². The van der Waals surface area contributed by atoms with Crippen LogP contribution in [0.25, 0.3) is 5.52 Å². The van der Waals surface area contributed by atoms with Gasteiger partial charge in [0.15, 0.2) is 5.82 Å². The number of anilines is 1. The Morgan fingerprint density at radius 1 is 1.34 bits per heavy atom. The van der Waals surface area contributed by atoms with Crippen molar-refractivity contribution in [1.29, 1.82) is 0 Å². The first-order valence-corrected chi connectivity index (χ1v) is 12.1. The Morgan fingerprint density at radius 2 is 2.14 bits per heavy atom. The van der Waals surface area contributed by atoms with Crippen molar-refractivity contribution in [2.24, 2.45) is 0 Å². The number of carbonyl (C=O) groups is 1. The van der Waals surface area contributed by atoms with E-state index >= 15 is 0 Å². The van der Waals surface area contributed by atoms with E-state index in [0.717, 1.165) is 0 Å². The number of hydrogen-bond acceptors (Lipinski definition) is 12. The highest BCUT2D eigenvalue weighted by Gasteiger charge is 2.46. The number of nitrogen functional groups attached to an aromatic ring is 1. The number of aromatic nitrogens is 4. The monoisotopic (exact) mass is 508 g/mol. The van der Waals surface area contributed by atoms with Gasteiger partial charge in [-0.2, -0.15) is 10.2 Å². The van der Waals surface area contributed by atoms with E-state index in [-0.39, 0.29) is 11.6 Å². The Balaban J connectivity index is 1.51. The fourth-order valence-corrected chi connectivity index (χ4v) is 5.08. The normalized spacial score (nSPS) is 24.7. The molecule has 0 radical (unpaired) electrons. The molecule has 0 aliphatic carbocycles. The molecule has 35 heavy (non-hydrogen) atoms. The van der Waals surface area contributed by atoms with Crippen molar-refractivity contribution in [3.63, 3.8) is 0 Å². The molecule has 1 saturated heterocycles. The van der Waals surface area contributed by atoms with Crippen LogP contribution in [-0.4, -0.2) is 73.8 Å². The number of fused-ring (bicyclic) bond motifs is 1. The number of aliphatic hydroxyl groups excluding tert-OH is 2. The number of aliphatic hydroxyl groups is 2. The molecule has 0 amide bonds. The maximum absolute atomic E-state index is 13.5. The molecule has 1 unspecified atom stereocenters. The molecule has 1 fully saturated rings. The third-order valence-electron chi connectivity index (χ3n) is 5.34. The summed E-state index contributed by atoms with van der Waals surface area (Å²) in [6.07, 6.45) is -0.765. The number of methoxy groups -OCH3 is 1. The Labute approximate surface area is 199 Å². The van der Waals surface area contributed by atoms with Gasteiger partial charge in [0.05, 0.1) is 25.6 Å². The Hall–Kier alpha value is -3.13. The first kappa shape index (κ1) is 25.0. The van der Waals surface area contributed by atoms with E-state index < -0.39 is 50.8 Å². The van der Waals surface area contributed by atoms with Gasteiger partial charge in [-0.1, -0.05) is 0 Å². The molecule has 3 aromatic rings. The van der Waals surface area contributed by atoms with Crippen molar-refractivity contribution < 1.29 is 38.1 Å². The molecule has 0 spiro atoms. The van der Waals surface area contributed by atoms with E-state index in [9.17, 15) is 19.6 Å². The smallest absolute Gasteiger partial charge is 0.459 e. The number of pyridine rings is 1. The lowest BCUT2D eigenvalue weighted by molar-refractivity contribution is -0.142. The first-order chi connectivity index (χ1) is 16.7. The number of nitrogens with two attached hydrogens (primary N) is 1. The Kier molecular flexibility index (Phi) is 7.31. The van der Waals surface area contributed by atoms with Crippen LogP contribution in [0.5, 0.6) is 5.75 Å². The molecular formula is C20H25N6O8P. The zero-order chi connectivity index (χ0) is 25.2. The van der Waals surface area contributed by atoms with E-state index in [1.165, 1.54) is 43.3 Å². The standard InChI is InChI=1S/C20H25N6O8P/c1-11(20(29)31-2)25-35(30,34-12-4-3-7-22-8-12)32-9-15-16(27)17(28)18(33-15)13-5-6-14-19(21)23-10-24-26(13)14/h3-8,10-11,15-18,27-28H,9H2,1-2H3,(H,25,30)(H2,21,23,24)/t11-,15+,16+,17+,18-,35?/m0/s1. The van der Waals surface area contributed by atoms with Crippen LogP contribution in [-0.2, 0) is 23.4 Å². The topological polar surface area (TPSA) is 193 Å². The fraction of sp³-hybridized carbons (Fsp3) is 0.400. The molecule has 1 aliphatic rings. The van der Waals surface area contributed by atoms with Crippen LogP contribution in [0, 0.1) is 0 Å². The van der Waals surface area contributed by atoms with Gasteiger partial charge in [0.25, 0.3) is 0 Å². The molecule has 5 N–H and O–H groups in total. The third-order valence-corrected chi connectivity index (χ3v) is 6.98. The zero-order valence-corrected chi connectivity index (χ0v) is 19.7. The number of carbonyl (C=O) groups excluding carboxylic acids is 1. The molecule has 188 valence electrons. The summed E-state index contributed by atoms with van der Waals surface area (Å²) in [5.74, 6) is -0.348. The summed E-state index contributed by atoms with van der Waals surface area (Å²) >= 11 is 0. The van der Waals surface area contributed by atoms with E-state index in [1.807, 2.05) is 0 Å². The number of nitrogens with zero attached hydrogens (tertiary/aromatic N) is 4. The van der Waals surface area contributed by atoms with E-state index in [1.54, 1.807) is 18.2 Å². The highest BCUT2D eigenvalue weighted by atomic mass is 31.2. The van der Waals surface area contributed by atoms with Gasteiger partial charge in [-0.15, -0.1) is 0 Å². The van der Waals surface area contributed by atoms with Crippen molar-refractivity contribution in [2.75, 3.05) is 19.5 Å². The number of hydrogen-bond donors (Lipinski definition) is 4. The maximum atomic E-state index is 13.5. The number of rotatable bonds is 9. The molecule has 1 aliphatic heterocycles. The first-order valence-electron chi connectivity index (χ1n) is 10.5. The van der Waals surface area contributed by atoms with E-state index in [0.29, 0.717) is 11.2 Å². The molecule has 4 heterocycles. The lowest BCUT2D eigenvalue weighted by Crippen LogP contribution is -2.37. The molecule has 6 atom stereocenters. The predicted octanol–water partition coefficient (Wildman–Crippen LogP) is 0.223.